The van der Waals surface area contributed by atoms with Crippen molar-refractivity contribution in [1.82, 2.24) is 10.2 Å². The molecule has 1 aliphatic heterocycles. The van der Waals surface area contributed by atoms with E-state index in [9.17, 15) is 4.79 Å². The summed E-state index contributed by atoms with van der Waals surface area (Å²) >= 11 is 0. The Labute approximate surface area is 127 Å². The minimum atomic E-state index is 0.0840. The molecule has 116 valence electrons. The summed E-state index contributed by atoms with van der Waals surface area (Å²) in [6.45, 7) is 6.15. The lowest BCUT2D eigenvalue weighted by Crippen LogP contribution is -2.43. The summed E-state index contributed by atoms with van der Waals surface area (Å²) in [7, 11) is 1.92. The second-order valence-corrected chi connectivity index (χ2v) is 5.95. The van der Waals surface area contributed by atoms with Crippen LogP contribution in [0.15, 0.2) is 24.3 Å². The third-order valence-electron chi connectivity index (χ3n) is 4.05. The first-order chi connectivity index (χ1) is 10.1. The predicted molar refractivity (Wildman–Crippen MR) is 84.7 cm³/mol. The number of ether oxygens (including phenoxy) is 1. The van der Waals surface area contributed by atoms with Crippen molar-refractivity contribution < 1.29 is 9.53 Å². The van der Waals surface area contributed by atoms with Gasteiger partial charge in [0.25, 0.3) is 5.91 Å². The molecule has 0 aromatic heterocycles. The second kappa shape index (κ2) is 7.46. The molecule has 0 aliphatic carbocycles. The molecule has 1 heterocycles. The number of nitrogens with one attached hydrogen (secondary N) is 1. The summed E-state index contributed by atoms with van der Waals surface area (Å²) in [4.78, 5) is 14.2. The summed E-state index contributed by atoms with van der Waals surface area (Å²) in [6, 6.07) is 8.32. The minimum absolute atomic E-state index is 0.0840. The van der Waals surface area contributed by atoms with Crippen LogP contribution in [0.25, 0.3) is 0 Å². The summed E-state index contributed by atoms with van der Waals surface area (Å²) in [5.41, 5.74) is 1.28. The van der Waals surface area contributed by atoms with Crippen molar-refractivity contribution in [2.45, 2.75) is 38.6 Å². The van der Waals surface area contributed by atoms with Crippen LogP contribution in [-0.2, 0) is 4.79 Å². The van der Waals surface area contributed by atoms with E-state index < -0.39 is 0 Å². The second-order valence-electron chi connectivity index (χ2n) is 5.95. The van der Waals surface area contributed by atoms with E-state index in [-0.39, 0.29) is 12.5 Å². The summed E-state index contributed by atoms with van der Waals surface area (Å²) in [6.07, 6.45) is 2.16. The van der Waals surface area contributed by atoms with Crippen LogP contribution in [0.4, 0.5) is 0 Å². The van der Waals surface area contributed by atoms with E-state index in [1.165, 1.54) is 5.56 Å². The predicted octanol–water partition coefficient (Wildman–Crippen LogP) is 2.40. The zero-order chi connectivity index (χ0) is 15.2. The van der Waals surface area contributed by atoms with Crippen molar-refractivity contribution in [3.63, 3.8) is 0 Å². The van der Waals surface area contributed by atoms with Crippen LogP contribution in [0.5, 0.6) is 5.75 Å². The smallest absolute Gasteiger partial charge is 0.260 e. The molecule has 0 saturated carbocycles. The van der Waals surface area contributed by atoms with Crippen molar-refractivity contribution in [2.24, 2.45) is 0 Å². The minimum Gasteiger partial charge on any atom is -0.484 e. The molecule has 21 heavy (non-hydrogen) atoms. The Morgan fingerprint density at radius 1 is 1.38 bits per heavy atom. The first kappa shape index (κ1) is 15.8. The molecule has 4 nitrogen and oxygen atoms in total. The lowest BCUT2D eigenvalue weighted by Gasteiger charge is -2.24. The highest BCUT2D eigenvalue weighted by Crippen LogP contribution is 2.20. The van der Waals surface area contributed by atoms with Gasteiger partial charge in [0.05, 0.1) is 0 Å². The molecule has 2 rings (SSSR count). The highest BCUT2D eigenvalue weighted by atomic mass is 16.5. The van der Waals surface area contributed by atoms with Crippen LogP contribution in [0.2, 0.25) is 0 Å². The third kappa shape index (κ3) is 4.21. The number of hydrogen-bond donors (Lipinski definition) is 1. The Balaban J connectivity index is 1.86. The van der Waals surface area contributed by atoms with Gasteiger partial charge in [0.15, 0.2) is 6.61 Å². The first-order valence-electron chi connectivity index (χ1n) is 7.78. The number of carbonyl (C=O) groups is 1. The Morgan fingerprint density at radius 2 is 2.10 bits per heavy atom. The standard InChI is InChI=1S/C17H26N2O2/c1-13(2)14-6-8-16(9-7-14)21-12-17(20)19-10-4-5-15(19)11-18-3/h6-9,13,15,18H,4-5,10-12H2,1-3H3. The molecule has 1 fully saturated rings. The number of rotatable bonds is 6. The molecule has 1 atom stereocenters. The van der Waals surface area contributed by atoms with E-state index in [0.717, 1.165) is 31.7 Å². The summed E-state index contributed by atoms with van der Waals surface area (Å²) in [5.74, 6) is 1.35. The number of likely N-dealkylation sites (tertiary alicyclic amines) is 1. The Morgan fingerprint density at radius 3 is 2.71 bits per heavy atom. The molecular weight excluding hydrogens is 264 g/mol. The van der Waals surface area contributed by atoms with Gasteiger partial charge in [0.2, 0.25) is 0 Å². The van der Waals surface area contributed by atoms with Crippen molar-refractivity contribution in [2.75, 3.05) is 26.7 Å². The van der Waals surface area contributed by atoms with E-state index >= 15 is 0 Å². The Bertz CT molecular complexity index is 456. The average molecular weight is 290 g/mol. The molecule has 1 aromatic rings. The highest BCUT2D eigenvalue weighted by Gasteiger charge is 2.28. The monoisotopic (exact) mass is 290 g/mol. The van der Waals surface area contributed by atoms with Crippen LogP contribution < -0.4 is 10.1 Å². The van der Waals surface area contributed by atoms with Crippen LogP contribution in [0.1, 0.15) is 38.2 Å². The fraction of sp³-hybridized carbons (Fsp3) is 0.588. The first-order valence-corrected chi connectivity index (χ1v) is 7.78. The van der Waals surface area contributed by atoms with Crippen LogP contribution >= 0.6 is 0 Å². The van der Waals surface area contributed by atoms with Crippen LogP contribution in [0.3, 0.4) is 0 Å². The van der Waals surface area contributed by atoms with Gasteiger partial charge < -0.3 is 15.0 Å². The van der Waals surface area contributed by atoms with E-state index in [2.05, 4.69) is 31.3 Å². The zero-order valence-corrected chi connectivity index (χ0v) is 13.3. The normalized spacial score (nSPS) is 18.3. The van der Waals surface area contributed by atoms with Gasteiger partial charge in [-0.1, -0.05) is 26.0 Å². The number of hydrogen-bond acceptors (Lipinski definition) is 3. The fourth-order valence-corrected chi connectivity index (χ4v) is 2.79. The van der Waals surface area contributed by atoms with Gasteiger partial charge in [0.1, 0.15) is 5.75 Å². The average Bonchev–Trinajstić information content (AvgIpc) is 2.94. The molecule has 1 amide bonds. The maximum atomic E-state index is 12.3. The lowest BCUT2D eigenvalue weighted by atomic mass is 10.0. The molecule has 1 N–H and O–H groups in total. The summed E-state index contributed by atoms with van der Waals surface area (Å²) in [5, 5.41) is 3.15. The number of likely N-dealkylation sites (N-methyl/N-ethyl adjacent to an activating group) is 1. The molecular formula is C17H26N2O2. The number of carbonyl (C=O) groups excluding carboxylic acids is 1. The third-order valence-corrected chi connectivity index (χ3v) is 4.05. The Kier molecular flexibility index (Phi) is 5.62. The van der Waals surface area contributed by atoms with Crippen molar-refractivity contribution in [3.05, 3.63) is 29.8 Å². The molecule has 0 spiro atoms. The molecule has 1 unspecified atom stereocenters. The van der Waals surface area contributed by atoms with Gasteiger partial charge in [-0.15, -0.1) is 0 Å². The van der Waals surface area contributed by atoms with E-state index in [4.69, 9.17) is 4.74 Å². The van der Waals surface area contributed by atoms with Gasteiger partial charge in [0, 0.05) is 19.1 Å². The van der Waals surface area contributed by atoms with Gasteiger partial charge in [-0.2, -0.15) is 0 Å². The lowest BCUT2D eigenvalue weighted by molar-refractivity contribution is -0.134. The van der Waals surface area contributed by atoms with Gasteiger partial charge in [-0.3, -0.25) is 4.79 Å². The van der Waals surface area contributed by atoms with Crippen LogP contribution in [0, 0.1) is 0 Å². The molecule has 0 bridgehead atoms. The molecule has 0 radical (unpaired) electrons. The van der Waals surface area contributed by atoms with E-state index in [1.54, 1.807) is 0 Å². The van der Waals surface area contributed by atoms with Crippen LogP contribution in [-0.4, -0.2) is 43.6 Å². The number of benzene rings is 1. The molecule has 4 heteroatoms. The van der Waals surface area contributed by atoms with Crippen molar-refractivity contribution >= 4 is 5.91 Å². The van der Waals surface area contributed by atoms with Gasteiger partial charge >= 0.3 is 0 Å². The fourth-order valence-electron chi connectivity index (χ4n) is 2.79. The quantitative estimate of drug-likeness (QED) is 0.874. The van der Waals surface area contributed by atoms with Gasteiger partial charge in [-0.25, -0.2) is 0 Å². The maximum absolute atomic E-state index is 12.3. The van der Waals surface area contributed by atoms with E-state index in [1.807, 2.05) is 24.1 Å². The van der Waals surface area contributed by atoms with Gasteiger partial charge in [-0.05, 0) is 43.5 Å². The topological polar surface area (TPSA) is 41.6 Å². The van der Waals surface area contributed by atoms with Crippen molar-refractivity contribution in [1.29, 1.82) is 0 Å². The number of amides is 1. The van der Waals surface area contributed by atoms with Crippen molar-refractivity contribution in [3.8, 4) is 5.75 Å². The largest absolute Gasteiger partial charge is 0.484 e. The summed E-state index contributed by atoms with van der Waals surface area (Å²) < 4.78 is 5.63. The molecule has 1 saturated heterocycles. The Hall–Kier alpha value is -1.55. The SMILES string of the molecule is CNCC1CCCN1C(=O)COc1ccc(C(C)C)cc1. The van der Waals surface area contributed by atoms with E-state index in [0.29, 0.717) is 12.0 Å². The molecule has 1 aliphatic rings. The zero-order valence-electron chi connectivity index (χ0n) is 13.3. The maximum Gasteiger partial charge on any atom is 0.260 e. The highest BCUT2D eigenvalue weighted by molar-refractivity contribution is 5.78. The molecule has 1 aromatic carbocycles. The number of nitrogens with zero attached hydrogens (tertiary/aromatic N) is 1.